The predicted molar refractivity (Wildman–Crippen MR) is 160 cm³/mol. The van der Waals surface area contributed by atoms with E-state index < -0.39 is 15.9 Å². The molecule has 42 heavy (non-hydrogen) atoms. The summed E-state index contributed by atoms with van der Waals surface area (Å²) in [6, 6.07) is 12.1. The molecule has 3 aromatic rings. The van der Waals surface area contributed by atoms with Crippen LogP contribution in [-0.4, -0.2) is 49.5 Å². The SMILES string of the molecule is CC(C)OC1COc2cc(S(=O)(=O)NC(=O)Cc3c(C(C)C)cc(-c4ccc5c(c4)COCC5)cc3C(C)C)nn2C1. The summed E-state index contributed by atoms with van der Waals surface area (Å²) < 4.78 is 47.2. The van der Waals surface area contributed by atoms with Gasteiger partial charge in [-0.3, -0.25) is 4.79 Å². The number of carbonyl (C=O) groups excluding carboxylic acids is 1. The number of amides is 1. The van der Waals surface area contributed by atoms with Crippen LogP contribution >= 0.6 is 0 Å². The zero-order valence-electron chi connectivity index (χ0n) is 25.3. The number of hydrogen-bond donors (Lipinski definition) is 1. The van der Waals surface area contributed by atoms with Gasteiger partial charge < -0.3 is 14.2 Å². The number of hydrogen-bond acceptors (Lipinski definition) is 7. The summed E-state index contributed by atoms with van der Waals surface area (Å²) in [6.45, 7) is 14.3. The number of carbonyl (C=O) groups is 1. The monoisotopic (exact) mass is 595 g/mol. The van der Waals surface area contributed by atoms with E-state index in [2.05, 4.69) is 67.8 Å². The van der Waals surface area contributed by atoms with E-state index in [0.29, 0.717) is 25.6 Å². The fourth-order valence-corrected chi connectivity index (χ4v) is 6.65. The van der Waals surface area contributed by atoms with Crippen molar-refractivity contribution in [3.63, 3.8) is 0 Å². The molecule has 226 valence electrons. The van der Waals surface area contributed by atoms with E-state index in [9.17, 15) is 13.2 Å². The molecule has 1 aromatic heterocycles. The molecule has 2 aliphatic heterocycles. The molecule has 0 radical (unpaired) electrons. The van der Waals surface area contributed by atoms with Gasteiger partial charge in [-0.25, -0.2) is 9.40 Å². The maximum Gasteiger partial charge on any atom is 0.283 e. The summed E-state index contributed by atoms with van der Waals surface area (Å²) >= 11 is 0. The van der Waals surface area contributed by atoms with Crippen molar-refractivity contribution in [2.75, 3.05) is 13.2 Å². The second kappa shape index (κ2) is 12.2. The topological polar surface area (TPSA) is 109 Å². The predicted octanol–water partition coefficient (Wildman–Crippen LogP) is 5.10. The minimum absolute atomic E-state index is 0.00586. The average Bonchev–Trinajstić information content (AvgIpc) is 3.36. The van der Waals surface area contributed by atoms with Gasteiger partial charge in [0.15, 0.2) is 0 Å². The molecule has 1 unspecified atom stereocenters. The Morgan fingerprint density at radius 3 is 2.40 bits per heavy atom. The Kier molecular flexibility index (Phi) is 8.78. The maximum absolute atomic E-state index is 13.3. The molecule has 2 aromatic carbocycles. The van der Waals surface area contributed by atoms with Crippen molar-refractivity contribution in [2.45, 2.75) is 96.6 Å². The van der Waals surface area contributed by atoms with Crippen LogP contribution in [0.1, 0.15) is 81.2 Å². The first-order chi connectivity index (χ1) is 19.9. The summed E-state index contributed by atoms with van der Waals surface area (Å²) in [5.74, 6) is -0.0213. The van der Waals surface area contributed by atoms with Crippen LogP contribution < -0.4 is 9.46 Å². The zero-order chi connectivity index (χ0) is 30.2. The minimum Gasteiger partial charge on any atom is -0.475 e. The first kappa shape index (κ1) is 30.3. The van der Waals surface area contributed by atoms with Crippen molar-refractivity contribution < 1.29 is 27.4 Å². The lowest BCUT2D eigenvalue weighted by molar-refractivity contribution is -0.118. The Balaban J connectivity index is 1.39. The van der Waals surface area contributed by atoms with Gasteiger partial charge in [0.25, 0.3) is 10.0 Å². The highest BCUT2D eigenvalue weighted by Crippen LogP contribution is 2.35. The van der Waals surface area contributed by atoms with E-state index in [1.807, 2.05) is 13.8 Å². The maximum atomic E-state index is 13.3. The fraction of sp³-hybridized carbons (Fsp3) is 0.500. The molecule has 5 rings (SSSR count). The van der Waals surface area contributed by atoms with E-state index in [-0.39, 0.29) is 35.5 Å². The normalized spacial score (nSPS) is 16.8. The Morgan fingerprint density at radius 2 is 1.74 bits per heavy atom. The summed E-state index contributed by atoms with van der Waals surface area (Å²) in [5, 5.41) is 3.95. The van der Waals surface area contributed by atoms with Crippen molar-refractivity contribution in [1.82, 2.24) is 14.5 Å². The van der Waals surface area contributed by atoms with Crippen LogP contribution in [0.4, 0.5) is 0 Å². The van der Waals surface area contributed by atoms with Crippen LogP contribution in [0.2, 0.25) is 0 Å². The van der Waals surface area contributed by atoms with E-state index >= 15 is 0 Å². The number of aromatic nitrogens is 2. The average molecular weight is 596 g/mol. The highest BCUT2D eigenvalue weighted by atomic mass is 32.2. The number of fused-ring (bicyclic) bond motifs is 2. The molecule has 9 nitrogen and oxygen atoms in total. The van der Waals surface area contributed by atoms with Crippen LogP contribution in [-0.2, 0) is 50.3 Å². The molecule has 0 spiro atoms. The van der Waals surface area contributed by atoms with Gasteiger partial charge in [0.05, 0.1) is 32.3 Å². The molecular formula is C32H41N3O6S. The zero-order valence-corrected chi connectivity index (χ0v) is 26.1. The van der Waals surface area contributed by atoms with Gasteiger partial charge in [-0.2, -0.15) is 13.5 Å². The molecule has 3 heterocycles. The first-order valence-corrected chi connectivity index (χ1v) is 16.2. The lowest BCUT2D eigenvalue weighted by atomic mass is 9.83. The number of nitrogens with one attached hydrogen (secondary N) is 1. The van der Waals surface area contributed by atoms with Crippen LogP contribution in [0.3, 0.4) is 0 Å². The number of nitrogens with zero attached hydrogens (tertiary/aromatic N) is 2. The summed E-state index contributed by atoms with van der Waals surface area (Å²) in [7, 11) is -4.20. The van der Waals surface area contributed by atoms with Crippen LogP contribution in [0.5, 0.6) is 5.88 Å². The smallest absolute Gasteiger partial charge is 0.283 e. The molecular weight excluding hydrogens is 554 g/mol. The van der Waals surface area contributed by atoms with E-state index in [0.717, 1.165) is 40.8 Å². The quantitative estimate of drug-likeness (QED) is 0.367. The van der Waals surface area contributed by atoms with Crippen LogP contribution in [0.25, 0.3) is 11.1 Å². The Labute approximate surface area is 248 Å². The largest absolute Gasteiger partial charge is 0.475 e. The Bertz CT molecular complexity index is 1550. The number of ether oxygens (including phenoxy) is 3. The van der Waals surface area contributed by atoms with Crippen molar-refractivity contribution >= 4 is 15.9 Å². The molecule has 0 saturated carbocycles. The molecule has 0 aliphatic carbocycles. The third-order valence-corrected chi connectivity index (χ3v) is 8.96. The molecule has 1 amide bonds. The van der Waals surface area contributed by atoms with Crippen LogP contribution in [0.15, 0.2) is 41.4 Å². The summed E-state index contributed by atoms with van der Waals surface area (Å²) in [5.41, 5.74) is 7.63. The number of sulfonamides is 1. The molecule has 1 N–H and O–H groups in total. The standard InChI is InChI=1S/C32H41N3O6S/c1-19(2)27-12-24(23-8-7-22-9-10-39-17-25(22)11-23)13-28(20(3)4)29(27)14-30(36)34-42(37,38)31-15-32-35(33-31)16-26(18-40-32)41-21(5)6/h7-8,11-13,15,19-21,26H,9-10,14,16-18H2,1-6H3,(H,34,36). The minimum atomic E-state index is -4.20. The second-order valence-electron chi connectivity index (χ2n) is 12.1. The first-order valence-electron chi connectivity index (χ1n) is 14.7. The molecule has 10 heteroatoms. The fourth-order valence-electron chi connectivity index (χ4n) is 5.71. The molecule has 0 bridgehead atoms. The van der Waals surface area contributed by atoms with E-state index in [4.69, 9.17) is 14.2 Å². The van der Waals surface area contributed by atoms with Crippen molar-refractivity contribution in [1.29, 1.82) is 0 Å². The molecule has 2 aliphatic rings. The van der Waals surface area contributed by atoms with Gasteiger partial charge in [-0.1, -0.05) is 52.0 Å². The lowest BCUT2D eigenvalue weighted by Crippen LogP contribution is -2.35. The Morgan fingerprint density at radius 1 is 1.02 bits per heavy atom. The molecule has 1 atom stereocenters. The molecule has 0 fully saturated rings. The van der Waals surface area contributed by atoms with E-state index in [1.165, 1.54) is 21.9 Å². The summed E-state index contributed by atoms with van der Waals surface area (Å²) in [4.78, 5) is 13.3. The van der Waals surface area contributed by atoms with Gasteiger partial charge in [0.2, 0.25) is 16.8 Å². The number of benzene rings is 2. The van der Waals surface area contributed by atoms with Gasteiger partial charge >= 0.3 is 0 Å². The van der Waals surface area contributed by atoms with Gasteiger partial charge in [-0.15, -0.1) is 0 Å². The molecule has 0 saturated heterocycles. The highest BCUT2D eigenvalue weighted by molar-refractivity contribution is 7.90. The third kappa shape index (κ3) is 6.55. The third-order valence-electron chi connectivity index (χ3n) is 7.72. The summed E-state index contributed by atoms with van der Waals surface area (Å²) in [6.07, 6.45) is 0.630. The van der Waals surface area contributed by atoms with Gasteiger partial charge in [0.1, 0.15) is 12.7 Å². The lowest BCUT2D eigenvalue weighted by Gasteiger charge is -2.25. The van der Waals surface area contributed by atoms with Gasteiger partial charge in [0, 0.05) is 6.07 Å². The Hall–Kier alpha value is -3.21. The van der Waals surface area contributed by atoms with Crippen molar-refractivity contribution in [2.24, 2.45) is 0 Å². The van der Waals surface area contributed by atoms with Gasteiger partial charge in [-0.05, 0) is 77.1 Å². The number of rotatable bonds is 9. The van der Waals surface area contributed by atoms with Crippen molar-refractivity contribution in [3.05, 3.63) is 64.2 Å². The van der Waals surface area contributed by atoms with E-state index in [1.54, 1.807) is 0 Å². The van der Waals surface area contributed by atoms with Crippen molar-refractivity contribution in [3.8, 4) is 17.0 Å². The second-order valence-corrected chi connectivity index (χ2v) is 13.7. The van der Waals surface area contributed by atoms with Crippen LogP contribution in [0, 0.1) is 0 Å². The highest BCUT2D eigenvalue weighted by Gasteiger charge is 2.29.